The fraction of sp³-hybridized carbons (Fsp3) is 0.190. The molecular weight excluding hydrogens is 376 g/mol. The van der Waals surface area contributed by atoms with Crippen LogP contribution in [0.25, 0.3) is 0 Å². The Morgan fingerprint density at radius 1 is 1.07 bits per heavy atom. The fourth-order valence-electron chi connectivity index (χ4n) is 2.63. The molecule has 3 rings (SSSR count). The van der Waals surface area contributed by atoms with Crippen molar-refractivity contribution in [3.63, 3.8) is 0 Å². The van der Waals surface area contributed by atoms with Crippen molar-refractivity contribution in [1.82, 2.24) is 15.5 Å². The zero-order chi connectivity index (χ0) is 19.9. The second kappa shape index (κ2) is 9.19. The minimum Gasteiger partial charge on any atom is -0.497 e. The van der Waals surface area contributed by atoms with Crippen molar-refractivity contribution in [3.05, 3.63) is 76.4 Å². The highest BCUT2D eigenvalue weighted by atomic mass is 35.5. The lowest BCUT2D eigenvalue weighted by molar-refractivity contribution is 0.0948. The molecule has 0 spiro atoms. The summed E-state index contributed by atoms with van der Waals surface area (Å²) in [6.07, 6.45) is 0.721. The first-order chi connectivity index (χ1) is 13.5. The number of hydrogen-bond donors (Lipinski definition) is 2. The van der Waals surface area contributed by atoms with E-state index >= 15 is 0 Å². The first-order valence-electron chi connectivity index (χ1n) is 8.83. The Bertz CT molecular complexity index is 944. The van der Waals surface area contributed by atoms with Gasteiger partial charge in [-0.1, -0.05) is 23.7 Å². The third-order valence-electron chi connectivity index (χ3n) is 4.21. The topological polar surface area (TPSA) is 76.1 Å². The number of aryl methyl sites for hydroxylation is 1. The van der Waals surface area contributed by atoms with E-state index in [4.69, 9.17) is 16.3 Å². The van der Waals surface area contributed by atoms with Crippen LogP contribution < -0.4 is 15.4 Å². The van der Waals surface area contributed by atoms with Gasteiger partial charge in [0, 0.05) is 17.3 Å². The molecule has 3 aromatic rings. The second-order valence-electron chi connectivity index (χ2n) is 6.24. The molecule has 6 nitrogen and oxygen atoms in total. The normalized spacial score (nSPS) is 10.4. The molecular formula is C21H21ClN4O2. The second-order valence-corrected chi connectivity index (χ2v) is 6.68. The summed E-state index contributed by atoms with van der Waals surface area (Å²) in [5.41, 5.74) is 3.27. The molecule has 1 aromatic heterocycles. The summed E-state index contributed by atoms with van der Waals surface area (Å²) in [6, 6.07) is 16.7. The molecule has 0 aliphatic carbocycles. The van der Waals surface area contributed by atoms with Crippen LogP contribution in [0, 0.1) is 6.92 Å². The Labute approximate surface area is 168 Å². The van der Waals surface area contributed by atoms with Crippen molar-refractivity contribution >= 4 is 29.0 Å². The van der Waals surface area contributed by atoms with E-state index < -0.39 is 0 Å². The van der Waals surface area contributed by atoms with Crippen LogP contribution in [0.15, 0.2) is 54.6 Å². The molecule has 0 aliphatic heterocycles. The molecule has 2 N–H and O–H groups in total. The lowest BCUT2D eigenvalue weighted by atomic mass is 10.1. The van der Waals surface area contributed by atoms with Gasteiger partial charge < -0.3 is 15.4 Å². The van der Waals surface area contributed by atoms with Crippen molar-refractivity contribution in [2.45, 2.75) is 13.3 Å². The Balaban J connectivity index is 1.52. The molecule has 1 heterocycles. The van der Waals surface area contributed by atoms with Gasteiger partial charge in [-0.25, -0.2) is 0 Å². The van der Waals surface area contributed by atoms with Crippen LogP contribution in [0.4, 0.5) is 11.5 Å². The maximum Gasteiger partial charge on any atom is 0.271 e. The Morgan fingerprint density at radius 3 is 2.50 bits per heavy atom. The first-order valence-corrected chi connectivity index (χ1v) is 9.21. The van der Waals surface area contributed by atoms with E-state index in [1.165, 1.54) is 0 Å². The molecule has 0 saturated carbocycles. The monoisotopic (exact) mass is 396 g/mol. The Hall–Kier alpha value is -3.12. The first kappa shape index (κ1) is 19.6. The zero-order valence-corrected chi connectivity index (χ0v) is 16.5. The van der Waals surface area contributed by atoms with E-state index in [-0.39, 0.29) is 11.6 Å². The lowest BCUT2D eigenvalue weighted by Crippen LogP contribution is -2.26. The highest BCUT2D eigenvalue weighted by Crippen LogP contribution is 2.22. The average Bonchev–Trinajstić information content (AvgIpc) is 2.71. The molecule has 7 heteroatoms. The molecule has 1 amide bonds. The maximum atomic E-state index is 12.2. The molecule has 0 fully saturated rings. The highest BCUT2D eigenvalue weighted by Gasteiger charge is 2.08. The van der Waals surface area contributed by atoms with Crippen LogP contribution in [-0.2, 0) is 6.42 Å². The number of nitrogens with one attached hydrogen (secondary N) is 2. The fourth-order valence-corrected chi connectivity index (χ4v) is 2.86. The molecule has 0 unspecified atom stereocenters. The number of methoxy groups -OCH3 is 1. The number of halogens is 1. The van der Waals surface area contributed by atoms with Gasteiger partial charge in [-0.3, -0.25) is 4.79 Å². The van der Waals surface area contributed by atoms with Crippen LogP contribution in [0.1, 0.15) is 21.6 Å². The van der Waals surface area contributed by atoms with Gasteiger partial charge >= 0.3 is 0 Å². The minimum absolute atomic E-state index is 0.254. The quantitative estimate of drug-likeness (QED) is 0.627. The smallest absolute Gasteiger partial charge is 0.271 e. The number of nitrogens with zero attached hydrogens (tertiary/aromatic N) is 2. The summed E-state index contributed by atoms with van der Waals surface area (Å²) < 4.78 is 5.13. The molecule has 0 saturated heterocycles. The number of benzene rings is 2. The summed E-state index contributed by atoms with van der Waals surface area (Å²) in [4.78, 5) is 12.2. The van der Waals surface area contributed by atoms with Crippen LogP contribution in [0.2, 0.25) is 5.02 Å². The van der Waals surface area contributed by atoms with E-state index in [0.717, 1.165) is 29.0 Å². The number of anilines is 2. The van der Waals surface area contributed by atoms with Crippen molar-refractivity contribution in [3.8, 4) is 5.75 Å². The van der Waals surface area contributed by atoms with Gasteiger partial charge in [-0.15, -0.1) is 10.2 Å². The van der Waals surface area contributed by atoms with E-state index in [9.17, 15) is 4.79 Å². The number of carbonyl (C=O) groups is 1. The Morgan fingerprint density at radius 2 is 1.86 bits per heavy atom. The van der Waals surface area contributed by atoms with Crippen molar-refractivity contribution in [1.29, 1.82) is 0 Å². The van der Waals surface area contributed by atoms with Gasteiger partial charge in [0.05, 0.1) is 7.11 Å². The van der Waals surface area contributed by atoms with Crippen molar-refractivity contribution in [2.24, 2.45) is 0 Å². The number of rotatable bonds is 7. The highest BCUT2D eigenvalue weighted by molar-refractivity contribution is 6.30. The molecule has 0 radical (unpaired) electrons. The summed E-state index contributed by atoms with van der Waals surface area (Å²) in [6.45, 7) is 2.46. The third kappa shape index (κ3) is 5.20. The predicted octanol–water partition coefficient (Wildman–Crippen LogP) is 4.16. The van der Waals surface area contributed by atoms with E-state index in [1.807, 2.05) is 43.3 Å². The maximum absolute atomic E-state index is 12.2. The molecule has 144 valence electrons. The van der Waals surface area contributed by atoms with Crippen LogP contribution in [0.5, 0.6) is 5.75 Å². The molecule has 28 heavy (non-hydrogen) atoms. The van der Waals surface area contributed by atoms with Crippen molar-refractivity contribution in [2.75, 3.05) is 19.0 Å². The SMILES string of the molecule is COc1ccc(CCNC(=O)c2ccc(Nc3ccc(Cl)cc3C)nn2)cc1. The van der Waals surface area contributed by atoms with Crippen molar-refractivity contribution < 1.29 is 9.53 Å². The van der Waals surface area contributed by atoms with Gasteiger partial charge in [0.1, 0.15) is 5.75 Å². The zero-order valence-electron chi connectivity index (χ0n) is 15.7. The molecule has 2 aromatic carbocycles. The van der Waals surface area contributed by atoms with Crippen LogP contribution in [-0.4, -0.2) is 29.8 Å². The summed E-state index contributed by atoms with van der Waals surface area (Å²) in [7, 11) is 1.63. The van der Waals surface area contributed by atoms with E-state index in [0.29, 0.717) is 17.4 Å². The number of ether oxygens (including phenoxy) is 1. The standard InChI is InChI=1S/C21H21ClN4O2/c1-14-13-16(22)5-8-18(14)24-20-10-9-19(25-26-20)21(27)23-12-11-15-3-6-17(28-2)7-4-15/h3-10,13H,11-12H2,1-2H3,(H,23,27)(H,24,26). The minimum atomic E-state index is -0.254. The summed E-state index contributed by atoms with van der Waals surface area (Å²) in [5.74, 6) is 1.11. The Kier molecular flexibility index (Phi) is 6.45. The van der Waals surface area contributed by atoms with Gasteiger partial charge in [-0.05, 0) is 66.9 Å². The summed E-state index contributed by atoms with van der Waals surface area (Å²) >= 11 is 5.96. The van der Waals surface area contributed by atoms with Crippen LogP contribution >= 0.6 is 11.6 Å². The van der Waals surface area contributed by atoms with E-state index in [2.05, 4.69) is 20.8 Å². The average molecular weight is 397 g/mol. The van der Waals surface area contributed by atoms with Gasteiger partial charge in [-0.2, -0.15) is 0 Å². The summed E-state index contributed by atoms with van der Waals surface area (Å²) in [5, 5.41) is 14.8. The lowest BCUT2D eigenvalue weighted by Gasteiger charge is -2.09. The predicted molar refractivity (Wildman–Crippen MR) is 111 cm³/mol. The largest absolute Gasteiger partial charge is 0.497 e. The van der Waals surface area contributed by atoms with Crippen LogP contribution in [0.3, 0.4) is 0 Å². The number of amides is 1. The van der Waals surface area contributed by atoms with Gasteiger partial charge in [0.25, 0.3) is 5.91 Å². The molecule has 0 atom stereocenters. The number of aromatic nitrogens is 2. The number of carbonyl (C=O) groups excluding carboxylic acids is 1. The third-order valence-corrected chi connectivity index (χ3v) is 4.44. The molecule has 0 bridgehead atoms. The van der Waals surface area contributed by atoms with E-state index in [1.54, 1.807) is 25.3 Å². The van der Waals surface area contributed by atoms with Gasteiger partial charge in [0.15, 0.2) is 11.5 Å². The molecule has 0 aliphatic rings. The number of hydrogen-bond acceptors (Lipinski definition) is 5. The van der Waals surface area contributed by atoms with Gasteiger partial charge in [0.2, 0.25) is 0 Å².